The molecule has 0 unspecified atom stereocenters. The van der Waals surface area contributed by atoms with Gasteiger partial charge in [0, 0.05) is 18.3 Å². The zero-order chi connectivity index (χ0) is 16.7. The predicted molar refractivity (Wildman–Crippen MR) is 82.3 cm³/mol. The van der Waals surface area contributed by atoms with Crippen molar-refractivity contribution in [1.82, 2.24) is 0 Å². The quantitative estimate of drug-likeness (QED) is 0.762. The van der Waals surface area contributed by atoms with Crippen LogP contribution in [0.1, 0.15) is 0 Å². The standard InChI is InChI=1S/C15H15N3O6/c19-14-8-22-4-3-17(14)9-1-2-10-12(5-9)23-7-11-13(6-16-21)24-15(20)18(10)11/h1-2,5,11,13H,3-4,6-8H2/t11-,13-/m0/s1. The van der Waals surface area contributed by atoms with Gasteiger partial charge in [0.2, 0.25) is 0 Å². The maximum Gasteiger partial charge on any atom is 0.415 e. The molecule has 0 N–H and O–H groups in total. The van der Waals surface area contributed by atoms with Gasteiger partial charge in [0.25, 0.3) is 5.91 Å². The molecule has 0 saturated carbocycles. The molecule has 2 amide bonds. The minimum Gasteiger partial charge on any atom is -0.489 e. The second-order valence-electron chi connectivity index (χ2n) is 5.73. The Morgan fingerprint density at radius 3 is 2.96 bits per heavy atom. The van der Waals surface area contributed by atoms with Gasteiger partial charge >= 0.3 is 6.09 Å². The third-order valence-electron chi connectivity index (χ3n) is 4.37. The highest BCUT2D eigenvalue weighted by Crippen LogP contribution is 2.41. The molecule has 9 nitrogen and oxygen atoms in total. The van der Waals surface area contributed by atoms with Crippen molar-refractivity contribution in [1.29, 1.82) is 0 Å². The summed E-state index contributed by atoms with van der Waals surface area (Å²) in [6.45, 7) is 1.11. The number of amides is 2. The van der Waals surface area contributed by atoms with E-state index >= 15 is 0 Å². The molecular weight excluding hydrogens is 318 g/mol. The van der Waals surface area contributed by atoms with Crippen LogP contribution in [0.25, 0.3) is 0 Å². The Balaban J connectivity index is 1.64. The highest BCUT2D eigenvalue weighted by molar-refractivity contribution is 5.97. The number of hydrogen-bond acceptors (Lipinski definition) is 7. The van der Waals surface area contributed by atoms with Crippen LogP contribution in [0, 0.1) is 4.91 Å². The summed E-state index contributed by atoms with van der Waals surface area (Å²) in [5.74, 6) is 0.382. The maximum atomic E-state index is 12.1. The van der Waals surface area contributed by atoms with Crippen LogP contribution in [0.2, 0.25) is 0 Å². The van der Waals surface area contributed by atoms with Gasteiger partial charge < -0.3 is 19.1 Å². The van der Waals surface area contributed by atoms with Crippen molar-refractivity contribution in [2.24, 2.45) is 5.18 Å². The molecule has 9 heteroatoms. The number of nitrogens with zero attached hydrogens (tertiary/aromatic N) is 3. The fourth-order valence-electron chi connectivity index (χ4n) is 3.21. The van der Waals surface area contributed by atoms with Crippen molar-refractivity contribution in [2.75, 3.05) is 42.7 Å². The van der Waals surface area contributed by atoms with Crippen molar-refractivity contribution >= 4 is 23.4 Å². The van der Waals surface area contributed by atoms with Gasteiger partial charge in [0.1, 0.15) is 31.5 Å². The van der Waals surface area contributed by atoms with Crippen molar-refractivity contribution in [3.8, 4) is 5.75 Å². The van der Waals surface area contributed by atoms with Gasteiger partial charge in [-0.25, -0.2) is 4.79 Å². The number of rotatable bonds is 3. The number of morpholine rings is 1. The molecule has 3 heterocycles. The lowest BCUT2D eigenvalue weighted by molar-refractivity contribution is -0.125. The van der Waals surface area contributed by atoms with E-state index in [1.165, 1.54) is 4.90 Å². The number of fused-ring (bicyclic) bond motifs is 3. The number of benzene rings is 1. The summed E-state index contributed by atoms with van der Waals surface area (Å²) >= 11 is 0. The Morgan fingerprint density at radius 1 is 1.29 bits per heavy atom. The Hall–Kier alpha value is -2.68. The average molecular weight is 333 g/mol. The summed E-state index contributed by atoms with van der Waals surface area (Å²) in [7, 11) is 0. The second kappa shape index (κ2) is 5.75. The molecule has 0 bridgehead atoms. The van der Waals surface area contributed by atoms with E-state index in [0.717, 1.165) is 0 Å². The van der Waals surface area contributed by atoms with Gasteiger partial charge in [0.05, 0.1) is 12.3 Å². The molecule has 2 saturated heterocycles. The number of nitroso groups, excluding NO2 is 1. The minimum absolute atomic E-state index is 0.0544. The zero-order valence-electron chi connectivity index (χ0n) is 12.7. The van der Waals surface area contributed by atoms with Gasteiger partial charge in [0.15, 0.2) is 6.10 Å². The van der Waals surface area contributed by atoms with E-state index < -0.39 is 12.2 Å². The van der Waals surface area contributed by atoms with Gasteiger partial charge in [-0.3, -0.25) is 9.69 Å². The van der Waals surface area contributed by atoms with E-state index in [1.807, 2.05) is 0 Å². The molecule has 2 atom stereocenters. The van der Waals surface area contributed by atoms with Gasteiger partial charge in [-0.2, -0.15) is 4.91 Å². The number of carbonyl (C=O) groups excluding carboxylic acids is 2. The summed E-state index contributed by atoms with van der Waals surface area (Å²) in [4.78, 5) is 37.7. The summed E-state index contributed by atoms with van der Waals surface area (Å²) in [5, 5.41) is 2.82. The summed E-state index contributed by atoms with van der Waals surface area (Å²) < 4.78 is 16.1. The van der Waals surface area contributed by atoms with Crippen LogP contribution in [-0.4, -0.2) is 57.1 Å². The Kier molecular flexibility index (Phi) is 3.57. The molecule has 1 aromatic rings. The SMILES string of the molecule is O=NC[C@@H]1OC(=O)N2c3ccc(N4CCOCC4=O)cc3OC[C@@H]12. The van der Waals surface area contributed by atoms with Gasteiger partial charge in [-0.1, -0.05) is 5.18 Å². The monoisotopic (exact) mass is 333 g/mol. The Morgan fingerprint density at radius 2 is 2.17 bits per heavy atom. The molecule has 0 aliphatic carbocycles. The zero-order valence-corrected chi connectivity index (χ0v) is 12.7. The Labute approximate surface area is 137 Å². The molecule has 126 valence electrons. The van der Waals surface area contributed by atoms with Crippen molar-refractivity contribution in [3.05, 3.63) is 23.1 Å². The maximum absolute atomic E-state index is 12.1. The first-order chi connectivity index (χ1) is 11.7. The van der Waals surface area contributed by atoms with Crippen LogP contribution in [0.15, 0.2) is 23.4 Å². The van der Waals surface area contributed by atoms with E-state index in [9.17, 15) is 14.5 Å². The number of ether oxygens (including phenoxy) is 3. The smallest absolute Gasteiger partial charge is 0.415 e. The lowest BCUT2D eigenvalue weighted by atomic mass is 10.1. The topological polar surface area (TPSA) is 97.7 Å². The first kappa shape index (κ1) is 14.9. The van der Waals surface area contributed by atoms with Crippen LogP contribution >= 0.6 is 0 Å². The lowest BCUT2D eigenvalue weighted by Crippen LogP contribution is -2.45. The van der Waals surface area contributed by atoms with Gasteiger partial charge in [-0.15, -0.1) is 0 Å². The normalized spacial score (nSPS) is 25.7. The molecule has 0 spiro atoms. The molecule has 3 aliphatic rings. The Bertz CT molecular complexity index is 708. The first-order valence-corrected chi connectivity index (χ1v) is 7.63. The third-order valence-corrected chi connectivity index (χ3v) is 4.37. The van der Waals surface area contributed by atoms with E-state index in [2.05, 4.69) is 5.18 Å². The lowest BCUT2D eigenvalue weighted by Gasteiger charge is -2.32. The van der Waals surface area contributed by atoms with Crippen molar-refractivity contribution in [2.45, 2.75) is 12.1 Å². The molecule has 4 rings (SSSR count). The van der Waals surface area contributed by atoms with Crippen LogP contribution in [0.4, 0.5) is 16.2 Å². The number of anilines is 2. The van der Waals surface area contributed by atoms with Gasteiger partial charge in [-0.05, 0) is 12.1 Å². The van der Waals surface area contributed by atoms with Crippen LogP contribution < -0.4 is 14.5 Å². The highest BCUT2D eigenvalue weighted by Gasteiger charge is 2.46. The van der Waals surface area contributed by atoms with Crippen molar-refractivity contribution < 1.29 is 23.8 Å². The van der Waals surface area contributed by atoms with Crippen molar-refractivity contribution in [3.63, 3.8) is 0 Å². The fourth-order valence-corrected chi connectivity index (χ4v) is 3.21. The molecule has 3 aliphatic heterocycles. The predicted octanol–water partition coefficient (Wildman–Crippen LogP) is 0.902. The van der Waals surface area contributed by atoms with E-state index in [1.54, 1.807) is 23.1 Å². The third kappa shape index (κ3) is 2.28. The van der Waals surface area contributed by atoms with Crippen LogP contribution in [-0.2, 0) is 14.3 Å². The van der Waals surface area contributed by atoms with Crippen LogP contribution in [0.3, 0.4) is 0 Å². The van der Waals surface area contributed by atoms with E-state index in [-0.39, 0.29) is 31.7 Å². The van der Waals surface area contributed by atoms with E-state index in [4.69, 9.17) is 14.2 Å². The highest BCUT2D eigenvalue weighted by atomic mass is 16.6. The summed E-state index contributed by atoms with van der Waals surface area (Å²) in [5.41, 5.74) is 1.26. The number of cyclic esters (lactones) is 1. The molecule has 1 aromatic carbocycles. The number of hydrogen-bond donors (Lipinski definition) is 0. The average Bonchev–Trinajstić information content (AvgIpc) is 2.91. The largest absolute Gasteiger partial charge is 0.489 e. The second-order valence-corrected chi connectivity index (χ2v) is 5.73. The minimum atomic E-state index is -0.608. The molecule has 24 heavy (non-hydrogen) atoms. The summed E-state index contributed by atoms with van der Waals surface area (Å²) in [6, 6.07) is 4.83. The van der Waals surface area contributed by atoms with Crippen LogP contribution in [0.5, 0.6) is 5.75 Å². The molecule has 0 radical (unpaired) electrons. The summed E-state index contributed by atoms with van der Waals surface area (Å²) in [6.07, 6.45) is -1.13. The number of carbonyl (C=O) groups is 2. The molecule has 2 fully saturated rings. The molecule has 0 aromatic heterocycles. The molecular formula is C15H15N3O6. The first-order valence-electron chi connectivity index (χ1n) is 7.63. The van der Waals surface area contributed by atoms with E-state index in [0.29, 0.717) is 30.3 Å². The fraction of sp³-hybridized carbons (Fsp3) is 0.467.